The van der Waals surface area contributed by atoms with Crippen molar-refractivity contribution < 1.29 is 19.2 Å². The molecule has 106 valence electrons. The second kappa shape index (κ2) is 5.96. The van der Waals surface area contributed by atoms with Crippen LogP contribution in [0.2, 0.25) is 0 Å². The fourth-order valence-corrected chi connectivity index (χ4v) is 1.77. The molecule has 0 fully saturated rings. The molecule has 2 aromatic carbocycles. The van der Waals surface area contributed by atoms with Crippen molar-refractivity contribution in [3.05, 3.63) is 69.3 Å². The number of esters is 1. The number of hydrogen-bond donors (Lipinski definition) is 0. The maximum Gasteiger partial charge on any atom is 0.343 e. The van der Waals surface area contributed by atoms with Crippen LogP contribution in [0.1, 0.15) is 26.3 Å². The van der Waals surface area contributed by atoms with Gasteiger partial charge >= 0.3 is 5.97 Å². The lowest BCUT2D eigenvalue weighted by Gasteiger charge is -2.07. The zero-order chi connectivity index (χ0) is 15.4. The van der Waals surface area contributed by atoms with Crippen molar-refractivity contribution in [1.29, 1.82) is 0 Å². The van der Waals surface area contributed by atoms with E-state index in [1.165, 1.54) is 12.1 Å². The fraction of sp³-hybridized carbons (Fsp3) is 0.0667. The standard InChI is InChI=1S/C15H11NO5/c1-10-3-2-4-11(7-10)15(18)21-14-6-5-13(16(19)20)8-12(14)9-17/h2-9H,1H3. The largest absolute Gasteiger partial charge is 0.422 e. The van der Waals surface area contributed by atoms with E-state index in [0.29, 0.717) is 11.8 Å². The summed E-state index contributed by atoms with van der Waals surface area (Å²) in [5.41, 5.74) is 0.937. The van der Waals surface area contributed by atoms with Gasteiger partial charge in [-0.15, -0.1) is 0 Å². The Balaban J connectivity index is 2.29. The van der Waals surface area contributed by atoms with Crippen LogP contribution in [0.15, 0.2) is 42.5 Å². The molecular weight excluding hydrogens is 274 g/mol. The second-order valence-corrected chi connectivity index (χ2v) is 4.36. The summed E-state index contributed by atoms with van der Waals surface area (Å²) in [5.74, 6) is -0.641. The molecule has 6 heteroatoms. The Morgan fingerprint density at radius 2 is 2.00 bits per heavy atom. The highest BCUT2D eigenvalue weighted by atomic mass is 16.6. The molecule has 0 amide bonds. The zero-order valence-corrected chi connectivity index (χ0v) is 11.1. The number of ether oxygens (including phenoxy) is 1. The van der Waals surface area contributed by atoms with E-state index in [1.54, 1.807) is 18.2 Å². The first-order valence-corrected chi connectivity index (χ1v) is 6.03. The van der Waals surface area contributed by atoms with Crippen molar-refractivity contribution in [1.82, 2.24) is 0 Å². The summed E-state index contributed by atoms with van der Waals surface area (Å²) >= 11 is 0. The summed E-state index contributed by atoms with van der Waals surface area (Å²) in [4.78, 5) is 33.0. The summed E-state index contributed by atoms with van der Waals surface area (Å²) in [7, 11) is 0. The predicted molar refractivity (Wildman–Crippen MR) is 74.6 cm³/mol. The van der Waals surface area contributed by atoms with E-state index in [1.807, 2.05) is 13.0 Å². The van der Waals surface area contributed by atoms with Gasteiger partial charge in [-0.3, -0.25) is 14.9 Å². The molecule has 0 N–H and O–H groups in total. The smallest absolute Gasteiger partial charge is 0.343 e. The number of non-ortho nitro benzene ring substituents is 1. The number of benzene rings is 2. The fourth-order valence-electron chi connectivity index (χ4n) is 1.77. The molecule has 21 heavy (non-hydrogen) atoms. The van der Waals surface area contributed by atoms with Crippen molar-refractivity contribution >= 4 is 17.9 Å². The van der Waals surface area contributed by atoms with Gasteiger partial charge in [0.15, 0.2) is 6.29 Å². The van der Waals surface area contributed by atoms with E-state index >= 15 is 0 Å². The van der Waals surface area contributed by atoms with Gasteiger partial charge in [0.05, 0.1) is 16.1 Å². The Kier molecular flexibility index (Phi) is 4.08. The number of nitro benzene ring substituents is 1. The van der Waals surface area contributed by atoms with Crippen molar-refractivity contribution in [2.45, 2.75) is 6.92 Å². The molecule has 0 atom stereocenters. The van der Waals surface area contributed by atoms with Crippen LogP contribution in [0.3, 0.4) is 0 Å². The minimum absolute atomic E-state index is 0.0119. The third kappa shape index (κ3) is 3.30. The Labute approximate surface area is 120 Å². The van der Waals surface area contributed by atoms with Crippen molar-refractivity contribution in [3.63, 3.8) is 0 Å². The summed E-state index contributed by atoms with van der Waals surface area (Å²) < 4.78 is 5.12. The van der Waals surface area contributed by atoms with Gasteiger partial charge in [-0.2, -0.15) is 0 Å². The molecule has 0 bridgehead atoms. The van der Waals surface area contributed by atoms with Gasteiger partial charge < -0.3 is 4.74 Å². The van der Waals surface area contributed by atoms with E-state index in [4.69, 9.17) is 4.74 Å². The lowest BCUT2D eigenvalue weighted by molar-refractivity contribution is -0.384. The van der Waals surface area contributed by atoms with Crippen LogP contribution in [0, 0.1) is 17.0 Å². The quantitative estimate of drug-likeness (QED) is 0.283. The Morgan fingerprint density at radius 3 is 2.62 bits per heavy atom. The minimum atomic E-state index is -0.629. The molecule has 6 nitrogen and oxygen atoms in total. The number of aldehydes is 1. The van der Waals surface area contributed by atoms with Gasteiger partial charge in [-0.1, -0.05) is 17.7 Å². The van der Waals surface area contributed by atoms with Gasteiger partial charge in [0, 0.05) is 12.1 Å². The SMILES string of the molecule is Cc1cccc(C(=O)Oc2ccc([N+](=O)[O-])cc2C=O)c1. The molecule has 0 unspecified atom stereocenters. The average Bonchev–Trinajstić information content (AvgIpc) is 2.47. The molecule has 0 aliphatic rings. The molecule has 0 radical (unpaired) electrons. The van der Waals surface area contributed by atoms with Crippen molar-refractivity contribution in [2.24, 2.45) is 0 Å². The average molecular weight is 285 g/mol. The van der Waals surface area contributed by atoms with Crippen LogP contribution in [0.5, 0.6) is 5.75 Å². The second-order valence-electron chi connectivity index (χ2n) is 4.36. The van der Waals surface area contributed by atoms with Gasteiger partial charge in [0.2, 0.25) is 0 Å². The number of carbonyl (C=O) groups excluding carboxylic acids is 2. The topological polar surface area (TPSA) is 86.5 Å². The first-order valence-electron chi connectivity index (χ1n) is 6.03. The number of nitro groups is 1. The Hall–Kier alpha value is -3.02. The highest BCUT2D eigenvalue weighted by molar-refractivity contribution is 5.93. The maximum atomic E-state index is 12.0. The predicted octanol–water partition coefficient (Wildman–Crippen LogP) is 2.93. The lowest BCUT2D eigenvalue weighted by Crippen LogP contribution is -2.10. The molecule has 0 aromatic heterocycles. The molecule has 0 saturated heterocycles. The molecule has 0 aliphatic heterocycles. The molecule has 2 aromatic rings. The number of nitrogens with zero attached hydrogens (tertiary/aromatic N) is 1. The summed E-state index contributed by atoms with van der Waals surface area (Å²) in [5, 5.41) is 10.6. The van der Waals surface area contributed by atoms with Crippen LogP contribution < -0.4 is 4.74 Å². The minimum Gasteiger partial charge on any atom is -0.422 e. The Bertz CT molecular complexity index is 724. The van der Waals surface area contributed by atoms with Crippen LogP contribution in [0.25, 0.3) is 0 Å². The van der Waals surface area contributed by atoms with Crippen LogP contribution in [0.4, 0.5) is 5.69 Å². The Morgan fingerprint density at radius 1 is 1.24 bits per heavy atom. The zero-order valence-electron chi connectivity index (χ0n) is 11.1. The highest BCUT2D eigenvalue weighted by Crippen LogP contribution is 2.23. The van der Waals surface area contributed by atoms with E-state index < -0.39 is 10.9 Å². The van der Waals surface area contributed by atoms with E-state index in [9.17, 15) is 19.7 Å². The summed E-state index contributed by atoms with van der Waals surface area (Å²) in [6.07, 6.45) is 0.409. The number of hydrogen-bond acceptors (Lipinski definition) is 5. The van der Waals surface area contributed by atoms with Gasteiger partial charge in [0.25, 0.3) is 5.69 Å². The molecular formula is C15H11NO5. The number of carbonyl (C=O) groups is 2. The van der Waals surface area contributed by atoms with Crippen molar-refractivity contribution in [3.8, 4) is 5.75 Å². The maximum absolute atomic E-state index is 12.0. The van der Waals surface area contributed by atoms with Gasteiger partial charge in [-0.05, 0) is 25.1 Å². The summed E-state index contributed by atoms with van der Waals surface area (Å²) in [6, 6.07) is 10.2. The van der Waals surface area contributed by atoms with Crippen LogP contribution in [-0.2, 0) is 0 Å². The third-order valence-electron chi connectivity index (χ3n) is 2.79. The van der Waals surface area contributed by atoms with Gasteiger partial charge in [0.1, 0.15) is 5.75 Å². The van der Waals surface area contributed by atoms with Crippen LogP contribution in [-0.4, -0.2) is 17.2 Å². The van der Waals surface area contributed by atoms with E-state index in [2.05, 4.69) is 0 Å². The molecule has 0 spiro atoms. The van der Waals surface area contributed by atoms with E-state index in [0.717, 1.165) is 11.6 Å². The highest BCUT2D eigenvalue weighted by Gasteiger charge is 2.15. The molecule has 0 heterocycles. The van der Waals surface area contributed by atoms with Gasteiger partial charge in [-0.25, -0.2) is 4.79 Å². The molecule has 0 saturated carbocycles. The lowest BCUT2D eigenvalue weighted by atomic mass is 10.1. The molecule has 0 aliphatic carbocycles. The number of aryl methyl sites for hydroxylation is 1. The normalized spacial score (nSPS) is 9.95. The van der Waals surface area contributed by atoms with Crippen LogP contribution >= 0.6 is 0 Å². The molecule has 2 rings (SSSR count). The first kappa shape index (κ1) is 14.4. The van der Waals surface area contributed by atoms with E-state index in [-0.39, 0.29) is 17.0 Å². The third-order valence-corrected chi connectivity index (χ3v) is 2.79. The van der Waals surface area contributed by atoms with Crippen molar-refractivity contribution in [2.75, 3.05) is 0 Å². The monoisotopic (exact) mass is 285 g/mol. The number of rotatable bonds is 4. The summed E-state index contributed by atoms with van der Waals surface area (Å²) in [6.45, 7) is 1.83. The first-order chi connectivity index (χ1) is 10.0.